The number of carbonyl (C=O) groups is 1. The summed E-state index contributed by atoms with van der Waals surface area (Å²) in [6.45, 7) is 1.80. The van der Waals surface area contributed by atoms with E-state index in [1.165, 1.54) is 24.2 Å². The first-order valence-electron chi connectivity index (χ1n) is 6.62. The first-order chi connectivity index (χ1) is 8.72. The van der Waals surface area contributed by atoms with Crippen LogP contribution in [0.25, 0.3) is 0 Å². The van der Waals surface area contributed by atoms with Crippen LogP contribution in [-0.4, -0.2) is 23.6 Å². The Morgan fingerprint density at radius 1 is 1.61 bits per heavy atom. The number of nitrogens with zero attached hydrogens (tertiary/aromatic N) is 2. The van der Waals surface area contributed by atoms with Crippen LogP contribution in [0.15, 0.2) is 16.6 Å². The topological polar surface area (TPSA) is 46.4 Å². The Morgan fingerprint density at radius 2 is 2.50 bits per heavy atom. The van der Waals surface area contributed by atoms with E-state index < -0.39 is 0 Å². The highest BCUT2D eigenvalue weighted by molar-refractivity contribution is 7.07. The normalized spacial score (nSPS) is 32.5. The third kappa shape index (κ3) is 1.86. The summed E-state index contributed by atoms with van der Waals surface area (Å²) >= 11 is 1.53. The highest BCUT2D eigenvalue weighted by Crippen LogP contribution is 2.44. The Kier molecular flexibility index (Phi) is 3.11. The van der Waals surface area contributed by atoms with Crippen molar-refractivity contribution in [1.29, 1.82) is 0 Å². The Morgan fingerprint density at radius 3 is 3.28 bits per heavy atom. The second-order valence-electron chi connectivity index (χ2n) is 5.44. The lowest BCUT2D eigenvalue weighted by Crippen LogP contribution is -2.41. The molecule has 2 fully saturated rings. The molecule has 98 valence electrons. The van der Waals surface area contributed by atoms with E-state index in [4.69, 9.17) is 0 Å². The SMILES string of the molecule is Cn1ccsc1=NC(=O)[C@@]12CCCC[C@H]1CNC2. The van der Waals surface area contributed by atoms with Crippen molar-refractivity contribution >= 4 is 17.2 Å². The fourth-order valence-electron chi connectivity index (χ4n) is 3.30. The van der Waals surface area contributed by atoms with Gasteiger partial charge in [0, 0.05) is 25.2 Å². The zero-order chi connectivity index (χ0) is 12.6. The lowest BCUT2D eigenvalue weighted by Gasteiger charge is -2.35. The van der Waals surface area contributed by atoms with Gasteiger partial charge in [-0.15, -0.1) is 11.3 Å². The molecule has 1 aromatic rings. The lowest BCUT2D eigenvalue weighted by atomic mass is 9.68. The van der Waals surface area contributed by atoms with Gasteiger partial charge >= 0.3 is 0 Å². The predicted octanol–water partition coefficient (Wildman–Crippen LogP) is 1.29. The van der Waals surface area contributed by atoms with Gasteiger partial charge in [0.1, 0.15) is 0 Å². The van der Waals surface area contributed by atoms with Crippen LogP contribution in [0.5, 0.6) is 0 Å². The minimum atomic E-state index is -0.213. The molecular weight excluding hydrogens is 246 g/mol. The van der Waals surface area contributed by atoms with Gasteiger partial charge in [0.15, 0.2) is 4.80 Å². The first-order valence-corrected chi connectivity index (χ1v) is 7.50. The molecule has 0 unspecified atom stereocenters. The van der Waals surface area contributed by atoms with Crippen molar-refractivity contribution in [3.05, 3.63) is 16.4 Å². The molecule has 1 aromatic heterocycles. The number of rotatable bonds is 1. The number of aromatic nitrogens is 1. The molecule has 1 N–H and O–H groups in total. The van der Waals surface area contributed by atoms with Gasteiger partial charge in [-0.2, -0.15) is 4.99 Å². The first kappa shape index (κ1) is 12.1. The van der Waals surface area contributed by atoms with Crippen LogP contribution < -0.4 is 10.1 Å². The number of fused-ring (bicyclic) bond motifs is 1. The number of carbonyl (C=O) groups excluding carboxylic acids is 1. The minimum absolute atomic E-state index is 0.0928. The summed E-state index contributed by atoms with van der Waals surface area (Å²) in [5.41, 5.74) is -0.213. The van der Waals surface area contributed by atoms with Crippen molar-refractivity contribution in [1.82, 2.24) is 9.88 Å². The summed E-state index contributed by atoms with van der Waals surface area (Å²) in [4.78, 5) is 17.8. The summed E-state index contributed by atoms with van der Waals surface area (Å²) in [6.07, 6.45) is 6.54. The lowest BCUT2D eigenvalue weighted by molar-refractivity contribution is -0.130. The number of hydrogen-bond donors (Lipinski definition) is 1. The summed E-state index contributed by atoms with van der Waals surface area (Å²) < 4.78 is 1.92. The minimum Gasteiger partial charge on any atom is -0.327 e. The Labute approximate surface area is 111 Å². The summed E-state index contributed by atoms with van der Waals surface area (Å²) in [5.74, 6) is 0.586. The Balaban J connectivity index is 1.94. The Bertz CT molecular complexity index is 518. The monoisotopic (exact) mass is 265 g/mol. The van der Waals surface area contributed by atoms with Gasteiger partial charge < -0.3 is 9.88 Å². The zero-order valence-corrected chi connectivity index (χ0v) is 11.5. The third-order valence-corrected chi connectivity index (χ3v) is 5.27. The molecule has 0 radical (unpaired) electrons. The maximum Gasteiger partial charge on any atom is 0.256 e. The number of aryl methyl sites for hydroxylation is 1. The molecule has 0 bridgehead atoms. The average Bonchev–Trinajstić information content (AvgIpc) is 2.97. The molecule has 0 spiro atoms. The van der Waals surface area contributed by atoms with Gasteiger partial charge in [-0.25, -0.2) is 0 Å². The number of nitrogens with one attached hydrogen (secondary N) is 1. The van der Waals surface area contributed by atoms with Crippen LogP contribution in [0.4, 0.5) is 0 Å². The van der Waals surface area contributed by atoms with Crippen molar-refractivity contribution in [2.75, 3.05) is 13.1 Å². The van der Waals surface area contributed by atoms with Crippen LogP contribution in [0.2, 0.25) is 0 Å². The van der Waals surface area contributed by atoms with Crippen LogP contribution in [0.3, 0.4) is 0 Å². The van der Waals surface area contributed by atoms with Crippen molar-refractivity contribution in [2.24, 2.45) is 23.4 Å². The van der Waals surface area contributed by atoms with Crippen molar-refractivity contribution in [3.63, 3.8) is 0 Å². The predicted molar refractivity (Wildman–Crippen MR) is 71.1 cm³/mol. The molecule has 3 rings (SSSR count). The van der Waals surface area contributed by atoms with E-state index >= 15 is 0 Å². The molecule has 2 atom stereocenters. The van der Waals surface area contributed by atoms with E-state index in [1.807, 2.05) is 23.2 Å². The van der Waals surface area contributed by atoms with Gasteiger partial charge in [0.05, 0.1) is 5.41 Å². The molecule has 1 saturated heterocycles. The van der Waals surface area contributed by atoms with Gasteiger partial charge in [-0.05, 0) is 25.3 Å². The van der Waals surface area contributed by atoms with Crippen molar-refractivity contribution in [2.45, 2.75) is 25.7 Å². The maximum atomic E-state index is 12.6. The highest BCUT2D eigenvalue weighted by atomic mass is 32.1. The van der Waals surface area contributed by atoms with E-state index in [1.54, 1.807) is 0 Å². The van der Waals surface area contributed by atoms with E-state index in [0.29, 0.717) is 5.92 Å². The number of thiazole rings is 1. The number of amides is 1. The molecule has 1 aliphatic carbocycles. The van der Waals surface area contributed by atoms with Gasteiger partial charge in [0.2, 0.25) is 0 Å². The van der Waals surface area contributed by atoms with Crippen LogP contribution in [0.1, 0.15) is 25.7 Å². The molecular formula is C13H19N3OS. The highest BCUT2D eigenvalue weighted by Gasteiger charge is 2.49. The van der Waals surface area contributed by atoms with Crippen molar-refractivity contribution < 1.29 is 4.79 Å². The molecule has 1 saturated carbocycles. The molecule has 18 heavy (non-hydrogen) atoms. The average molecular weight is 265 g/mol. The summed E-state index contributed by atoms with van der Waals surface area (Å²) in [7, 11) is 1.94. The third-order valence-electron chi connectivity index (χ3n) is 4.42. The summed E-state index contributed by atoms with van der Waals surface area (Å²) in [6, 6.07) is 0. The maximum absolute atomic E-state index is 12.6. The van der Waals surface area contributed by atoms with E-state index in [9.17, 15) is 4.79 Å². The van der Waals surface area contributed by atoms with E-state index in [-0.39, 0.29) is 11.3 Å². The molecule has 1 amide bonds. The quantitative estimate of drug-likeness (QED) is 0.832. The largest absolute Gasteiger partial charge is 0.327 e. The second-order valence-corrected chi connectivity index (χ2v) is 6.32. The van der Waals surface area contributed by atoms with Gasteiger partial charge in [-0.1, -0.05) is 12.8 Å². The van der Waals surface area contributed by atoms with Crippen molar-refractivity contribution in [3.8, 4) is 0 Å². The summed E-state index contributed by atoms with van der Waals surface area (Å²) in [5, 5.41) is 5.36. The van der Waals surface area contributed by atoms with Crippen LogP contribution >= 0.6 is 11.3 Å². The fraction of sp³-hybridized carbons (Fsp3) is 0.692. The molecule has 5 heteroatoms. The molecule has 0 aromatic carbocycles. The molecule has 1 aliphatic heterocycles. The number of hydrogen-bond acceptors (Lipinski definition) is 3. The Hall–Kier alpha value is -0.940. The van der Waals surface area contributed by atoms with Gasteiger partial charge in [0.25, 0.3) is 5.91 Å². The van der Waals surface area contributed by atoms with E-state index in [0.717, 1.165) is 30.7 Å². The molecule has 2 aliphatic rings. The van der Waals surface area contributed by atoms with Gasteiger partial charge in [-0.3, -0.25) is 4.79 Å². The van der Waals surface area contributed by atoms with Crippen LogP contribution in [-0.2, 0) is 11.8 Å². The standard InChI is InChI=1S/C13H19N3OS/c1-16-6-7-18-12(16)15-11(17)13-5-3-2-4-10(13)8-14-9-13/h6-7,10,14H,2-5,8-9H2,1H3/t10-,13+/m0/s1. The molecule has 2 heterocycles. The van der Waals surface area contributed by atoms with E-state index in [2.05, 4.69) is 10.3 Å². The van der Waals surface area contributed by atoms with Crippen LogP contribution in [0, 0.1) is 11.3 Å². The molecule has 4 nitrogen and oxygen atoms in total. The smallest absolute Gasteiger partial charge is 0.256 e. The zero-order valence-electron chi connectivity index (χ0n) is 10.7. The fourth-order valence-corrected chi connectivity index (χ4v) is 4.03. The second kappa shape index (κ2) is 4.63.